The molecule has 1 aliphatic heterocycles. The molecule has 94 valence electrons. The molecule has 0 spiro atoms. The number of hydrogen-bond acceptors (Lipinski definition) is 4. The van der Waals surface area contributed by atoms with Crippen LogP contribution in [0, 0.1) is 6.92 Å². The third-order valence-corrected chi connectivity index (χ3v) is 3.28. The minimum Gasteiger partial charge on any atom is -0.392 e. The van der Waals surface area contributed by atoms with Crippen LogP contribution in [0.1, 0.15) is 24.1 Å². The second kappa shape index (κ2) is 4.51. The van der Waals surface area contributed by atoms with Gasteiger partial charge in [0.15, 0.2) is 5.82 Å². The molecule has 0 bridgehead atoms. The average Bonchev–Trinajstić information content (AvgIpc) is 2.96. The quantitative estimate of drug-likeness (QED) is 0.826. The van der Waals surface area contributed by atoms with Crippen molar-refractivity contribution >= 4 is 0 Å². The molecular formula is C13H16N4O. The Labute approximate surface area is 105 Å². The van der Waals surface area contributed by atoms with E-state index in [1.54, 1.807) is 0 Å². The fourth-order valence-corrected chi connectivity index (χ4v) is 2.41. The van der Waals surface area contributed by atoms with Gasteiger partial charge in [0.25, 0.3) is 0 Å². The first-order valence-electron chi connectivity index (χ1n) is 6.14. The van der Waals surface area contributed by atoms with Gasteiger partial charge in [0.1, 0.15) is 5.82 Å². The summed E-state index contributed by atoms with van der Waals surface area (Å²) in [6.45, 7) is 2.56. The first-order valence-corrected chi connectivity index (χ1v) is 6.14. The SMILES string of the molecule is Cc1nnc([C@@H]2C[C@H](O)CN2)n1-c1ccccc1. The predicted octanol–water partition coefficient (Wildman–Crippen LogP) is 0.971. The Kier molecular flexibility index (Phi) is 2.85. The second-order valence-corrected chi connectivity index (χ2v) is 4.63. The summed E-state index contributed by atoms with van der Waals surface area (Å²) in [5, 5.41) is 21.3. The molecule has 1 saturated heterocycles. The summed E-state index contributed by atoms with van der Waals surface area (Å²) in [4.78, 5) is 0. The highest BCUT2D eigenvalue weighted by atomic mass is 16.3. The summed E-state index contributed by atoms with van der Waals surface area (Å²) in [7, 11) is 0. The van der Waals surface area contributed by atoms with Crippen LogP contribution in [0.5, 0.6) is 0 Å². The van der Waals surface area contributed by atoms with Gasteiger partial charge in [-0.15, -0.1) is 10.2 Å². The Morgan fingerprint density at radius 2 is 2.06 bits per heavy atom. The van der Waals surface area contributed by atoms with Gasteiger partial charge in [0.05, 0.1) is 12.1 Å². The molecule has 0 aliphatic carbocycles. The number of β-amino-alcohol motifs (C(OH)–C–C–N with tert-alkyl or cyclic N) is 1. The number of aliphatic hydroxyl groups excluding tert-OH is 1. The molecule has 2 N–H and O–H groups in total. The fourth-order valence-electron chi connectivity index (χ4n) is 2.41. The monoisotopic (exact) mass is 244 g/mol. The summed E-state index contributed by atoms with van der Waals surface area (Å²) in [6.07, 6.45) is 0.390. The first-order chi connectivity index (χ1) is 8.75. The molecule has 1 aliphatic rings. The molecule has 1 aromatic heterocycles. The largest absolute Gasteiger partial charge is 0.392 e. The Bertz CT molecular complexity index is 537. The number of aliphatic hydroxyl groups is 1. The van der Waals surface area contributed by atoms with Gasteiger partial charge in [-0.25, -0.2) is 0 Å². The number of aryl methyl sites for hydroxylation is 1. The number of aromatic nitrogens is 3. The van der Waals surface area contributed by atoms with E-state index in [2.05, 4.69) is 15.5 Å². The molecule has 0 unspecified atom stereocenters. The maximum atomic E-state index is 9.61. The van der Waals surface area contributed by atoms with E-state index in [1.165, 1.54) is 0 Å². The Morgan fingerprint density at radius 1 is 1.28 bits per heavy atom. The van der Waals surface area contributed by atoms with Gasteiger partial charge in [-0.05, 0) is 25.5 Å². The topological polar surface area (TPSA) is 63.0 Å². The van der Waals surface area contributed by atoms with Crippen LogP contribution in [0.25, 0.3) is 5.69 Å². The van der Waals surface area contributed by atoms with Gasteiger partial charge in [-0.3, -0.25) is 4.57 Å². The molecular weight excluding hydrogens is 228 g/mol. The maximum Gasteiger partial charge on any atom is 0.154 e. The number of rotatable bonds is 2. The zero-order chi connectivity index (χ0) is 12.5. The first kappa shape index (κ1) is 11.4. The highest BCUT2D eigenvalue weighted by molar-refractivity contribution is 5.34. The Hall–Kier alpha value is -1.72. The number of nitrogens with zero attached hydrogens (tertiary/aromatic N) is 3. The molecule has 1 aromatic carbocycles. The minimum absolute atomic E-state index is 0.0707. The fraction of sp³-hybridized carbons (Fsp3) is 0.385. The molecule has 2 aromatic rings. The van der Waals surface area contributed by atoms with E-state index in [0.29, 0.717) is 13.0 Å². The standard InChI is InChI=1S/C13H16N4O/c1-9-15-16-13(12-7-11(18)8-14-12)17(9)10-5-3-2-4-6-10/h2-6,11-12,14,18H,7-8H2,1H3/t11-,12-/m0/s1. The van der Waals surface area contributed by atoms with E-state index in [4.69, 9.17) is 0 Å². The molecule has 2 heterocycles. The van der Waals surface area contributed by atoms with Crippen molar-refractivity contribution in [1.82, 2.24) is 20.1 Å². The van der Waals surface area contributed by atoms with Crippen LogP contribution in [0.3, 0.4) is 0 Å². The van der Waals surface area contributed by atoms with Crippen molar-refractivity contribution in [2.75, 3.05) is 6.54 Å². The molecule has 1 fully saturated rings. The molecule has 0 radical (unpaired) electrons. The zero-order valence-electron chi connectivity index (χ0n) is 10.2. The molecule has 0 amide bonds. The van der Waals surface area contributed by atoms with Crippen LogP contribution >= 0.6 is 0 Å². The van der Waals surface area contributed by atoms with Crippen molar-refractivity contribution in [2.45, 2.75) is 25.5 Å². The molecule has 0 saturated carbocycles. The van der Waals surface area contributed by atoms with Gasteiger partial charge in [0, 0.05) is 12.2 Å². The van der Waals surface area contributed by atoms with E-state index in [-0.39, 0.29) is 12.1 Å². The number of benzene rings is 1. The van der Waals surface area contributed by atoms with Gasteiger partial charge in [-0.1, -0.05) is 18.2 Å². The van der Waals surface area contributed by atoms with Gasteiger partial charge < -0.3 is 10.4 Å². The average molecular weight is 244 g/mol. The number of nitrogens with one attached hydrogen (secondary N) is 1. The summed E-state index contributed by atoms with van der Waals surface area (Å²) < 4.78 is 2.04. The summed E-state index contributed by atoms with van der Waals surface area (Å²) in [5.41, 5.74) is 1.05. The molecule has 3 rings (SSSR count). The molecule has 2 atom stereocenters. The van der Waals surface area contributed by atoms with Crippen LogP contribution in [0.15, 0.2) is 30.3 Å². The highest BCUT2D eigenvalue weighted by Crippen LogP contribution is 2.24. The van der Waals surface area contributed by atoms with Crippen LogP contribution in [-0.4, -0.2) is 32.5 Å². The predicted molar refractivity (Wildman–Crippen MR) is 67.5 cm³/mol. The lowest BCUT2D eigenvalue weighted by Gasteiger charge is -2.13. The molecule has 5 heteroatoms. The van der Waals surface area contributed by atoms with E-state index < -0.39 is 0 Å². The Morgan fingerprint density at radius 3 is 2.72 bits per heavy atom. The zero-order valence-corrected chi connectivity index (χ0v) is 10.2. The lowest BCUT2D eigenvalue weighted by molar-refractivity contribution is 0.193. The van der Waals surface area contributed by atoms with E-state index in [1.807, 2.05) is 41.8 Å². The summed E-state index contributed by atoms with van der Waals surface area (Å²) >= 11 is 0. The van der Waals surface area contributed by atoms with Crippen molar-refractivity contribution < 1.29 is 5.11 Å². The van der Waals surface area contributed by atoms with Crippen LogP contribution in [0.4, 0.5) is 0 Å². The summed E-state index contributed by atoms with van der Waals surface area (Å²) in [5.74, 6) is 1.73. The van der Waals surface area contributed by atoms with Crippen molar-refractivity contribution in [3.63, 3.8) is 0 Å². The van der Waals surface area contributed by atoms with Gasteiger partial charge in [-0.2, -0.15) is 0 Å². The lowest BCUT2D eigenvalue weighted by atomic mass is 10.2. The normalized spacial score (nSPS) is 23.4. The van der Waals surface area contributed by atoms with Crippen LogP contribution in [0.2, 0.25) is 0 Å². The lowest BCUT2D eigenvalue weighted by Crippen LogP contribution is -2.18. The van der Waals surface area contributed by atoms with Crippen molar-refractivity contribution in [1.29, 1.82) is 0 Å². The van der Waals surface area contributed by atoms with E-state index in [0.717, 1.165) is 17.3 Å². The van der Waals surface area contributed by atoms with Crippen LogP contribution in [-0.2, 0) is 0 Å². The number of para-hydroxylation sites is 1. The van der Waals surface area contributed by atoms with Gasteiger partial charge >= 0.3 is 0 Å². The van der Waals surface area contributed by atoms with Crippen molar-refractivity contribution in [3.05, 3.63) is 42.0 Å². The van der Waals surface area contributed by atoms with Crippen molar-refractivity contribution in [2.24, 2.45) is 0 Å². The summed E-state index contributed by atoms with van der Waals surface area (Å²) in [6, 6.07) is 10.1. The Balaban J connectivity index is 2.02. The second-order valence-electron chi connectivity index (χ2n) is 4.63. The van der Waals surface area contributed by atoms with Crippen LogP contribution < -0.4 is 5.32 Å². The molecule has 18 heavy (non-hydrogen) atoms. The minimum atomic E-state index is -0.295. The van der Waals surface area contributed by atoms with Crippen molar-refractivity contribution in [3.8, 4) is 5.69 Å². The van der Waals surface area contributed by atoms with Gasteiger partial charge in [0.2, 0.25) is 0 Å². The van der Waals surface area contributed by atoms with E-state index in [9.17, 15) is 5.11 Å². The smallest absolute Gasteiger partial charge is 0.154 e. The third-order valence-electron chi connectivity index (χ3n) is 3.28. The van der Waals surface area contributed by atoms with E-state index >= 15 is 0 Å². The number of hydrogen-bond donors (Lipinski definition) is 2. The highest BCUT2D eigenvalue weighted by Gasteiger charge is 2.28. The molecule has 5 nitrogen and oxygen atoms in total. The maximum absolute atomic E-state index is 9.61. The third kappa shape index (κ3) is 1.91.